The Bertz CT molecular complexity index is 627. The van der Waals surface area contributed by atoms with Crippen LogP contribution in [-0.4, -0.2) is 30.2 Å². The fraction of sp³-hybridized carbons (Fsp3) is 0.0909. The molecule has 90 valence electrons. The molecular formula is C11H11N7. The average molecular weight is 241 g/mol. The van der Waals surface area contributed by atoms with Gasteiger partial charge in [0.15, 0.2) is 5.82 Å². The molecule has 0 bridgehead atoms. The zero-order chi connectivity index (χ0) is 12.4. The van der Waals surface area contributed by atoms with Gasteiger partial charge < -0.3 is 10.3 Å². The summed E-state index contributed by atoms with van der Waals surface area (Å²) < 4.78 is 1.90. The molecule has 7 heteroatoms. The van der Waals surface area contributed by atoms with E-state index >= 15 is 0 Å². The first kappa shape index (κ1) is 10.5. The van der Waals surface area contributed by atoms with E-state index in [1.54, 1.807) is 6.33 Å². The maximum Gasteiger partial charge on any atom is 0.224 e. The van der Waals surface area contributed by atoms with E-state index in [2.05, 4.69) is 25.6 Å². The number of nitrogens with two attached hydrogens (primary N) is 1. The Kier molecular flexibility index (Phi) is 2.49. The molecule has 0 saturated heterocycles. The molecule has 0 saturated carbocycles. The van der Waals surface area contributed by atoms with Gasteiger partial charge in [-0.15, -0.1) is 10.2 Å². The van der Waals surface area contributed by atoms with Crippen LogP contribution in [0.1, 0.15) is 5.56 Å². The van der Waals surface area contributed by atoms with Crippen LogP contribution < -0.4 is 5.73 Å². The van der Waals surface area contributed by atoms with E-state index in [4.69, 9.17) is 5.73 Å². The minimum absolute atomic E-state index is 0.396. The first-order valence-corrected chi connectivity index (χ1v) is 5.43. The van der Waals surface area contributed by atoms with Crippen molar-refractivity contribution in [3.05, 3.63) is 42.2 Å². The SMILES string of the molecule is Nc1ncn(Cc2ccccc2)c1-c1nn[nH]n1. The topological polar surface area (TPSA) is 98.3 Å². The van der Waals surface area contributed by atoms with E-state index in [-0.39, 0.29) is 0 Å². The minimum atomic E-state index is 0.396. The van der Waals surface area contributed by atoms with Crippen molar-refractivity contribution < 1.29 is 0 Å². The fourth-order valence-corrected chi connectivity index (χ4v) is 1.80. The van der Waals surface area contributed by atoms with Crippen molar-refractivity contribution in [3.63, 3.8) is 0 Å². The molecular weight excluding hydrogens is 230 g/mol. The van der Waals surface area contributed by atoms with Gasteiger partial charge in [0.1, 0.15) is 5.69 Å². The Morgan fingerprint density at radius 3 is 2.78 bits per heavy atom. The van der Waals surface area contributed by atoms with Crippen LogP contribution in [0.15, 0.2) is 36.7 Å². The van der Waals surface area contributed by atoms with Crippen LogP contribution >= 0.6 is 0 Å². The number of benzene rings is 1. The van der Waals surface area contributed by atoms with Crippen LogP contribution in [-0.2, 0) is 6.54 Å². The molecule has 0 aliphatic rings. The lowest BCUT2D eigenvalue weighted by molar-refractivity contribution is 0.799. The van der Waals surface area contributed by atoms with E-state index in [1.165, 1.54) is 0 Å². The molecule has 1 aromatic carbocycles. The zero-order valence-electron chi connectivity index (χ0n) is 9.48. The molecule has 7 nitrogen and oxygen atoms in total. The molecule has 3 aromatic rings. The number of hydrogen-bond donors (Lipinski definition) is 2. The Morgan fingerprint density at radius 1 is 1.22 bits per heavy atom. The third-order valence-electron chi connectivity index (χ3n) is 2.62. The van der Waals surface area contributed by atoms with Crippen LogP contribution in [0.2, 0.25) is 0 Å². The summed E-state index contributed by atoms with van der Waals surface area (Å²) in [4.78, 5) is 4.09. The normalized spacial score (nSPS) is 10.7. The monoisotopic (exact) mass is 241 g/mol. The second-order valence-electron chi connectivity index (χ2n) is 3.83. The first-order chi connectivity index (χ1) is 8.84. The number of nitrogens with zero attached hydrogens (tertiary/aromatic N) is 5. The number of aromatic nitrogens is 6. The highest BCUT2D eigenvalue weighted by Gasteiger charge is 2.14. The van der Waals surface area contributed by atoms with Crippen molar-refractivity contribution in [1.82, 2.24) is 30.2 Å². The second kappa shape index (κ2) is 4.28. The summed E-state index contributed by atoms with van der Waals surface area (Å²) in [5, 5.41) is 13.8. The summed E-state index contributed by atoms with van der Waals surface area (Å²) in [6.07, 6.45) is 1.67. The summed E-state index contributed by atoms with van der Waals surface area (Å²) in [6, 6.07) is 10.0. The Labute approximate surface area is 103 Å². The van der Waals surface area contributed by atoms with Gasteiger partial charge in [-0.2, -0.15) is 5.21 Å². The van der Waals surface area contributed by atoms with Gasteiger partial charge in [0, 0.05) is 6.54 Å². The van der Waals surface area contributed by atoms with Crippen LogP contribution in [0, 0.1) is 0 Å². The third-order valence-corrected chi connectivity index (χ3v) is 2.62. The predicted molar refractivity (Wildman–Crippen MR) is 65.4 cm³/mol. The Morgan fingerprint density at radius 2 is 2.06 bits per heavy atom. The largest absolute Gasteiger partial charge is 0.382 e. The van der Waals surface area contributed by atoms with Gasteiger partial charge in [0.2, 0.25) is 5.82 Å². The number of rotatable bonds is 3. The number of tetrazole rings is 1. The zero-order valence-corrected chi connectivity index (χ0v) is 9.48. The second-order valence-corrected chi connectivity index (χ2v) is 3.83. The lowest BCUT2D eigenvalue weighted by atomic mass is 10.2. The third kappa shape index (κ3) is 1.81. The number of nitrogens with one attached hydrogen (secondary N) is 1. The smallest absolute Gasteiger partial charge is 0.224 e. The van der Waals surface area contributed by atoms with Crippen LogP contribution in [0.5, 0.6) is 0 Å². The van der Waals surface area contributed by atoms with Crippen molar-refractivity contribution in [2.45, 2.75) is 6.54 Å². The first-order valence-electron chi connectivity index (χ1n) is 5.43. The number of nitrogen functional groups attached to an aromatic ring is 1. The van der Waals surface area contributed by atoms with Gasteiger partial charge in [-0.05, 0) is 10.8 Å². The standard InChI is InChI=1S/C11H11N7/c12-10-9(11-14-16-17-15-11)18(7-13-10)6-8-4-2-1-3-5-8/h1-5,7H,6,12H2,(H,14,15,16,17). The van der Waals surface area contributed by atoms with Gasteiger partial charge in [-0.1, -0.05) is 30.3 Å². The van der Waals surface area contributed by atoms with E-state index in [0.717, 1.165) is 5.56 Å². The summed E-state index contributed by atoms with van der Waals surface area (Å²) in [7, 11) is 0. The molecule has 18 heavy (non-hydrogen) atoms. The van der Waals surface area contributed by atoms with Gasteiger partial charge in [-0.3, -0.25) is 0 Å². The van der Waals surface area contributed by atoms with Crippen LogP contribution in [0.4, 0.5) is 5.82 Å². The summed E-state index contributed by atoms with van der Waals surface area (Å²) in [5.41, 5.74) is 7.66. The van der Waals surface area contributed by atoms with Crippen LogP contribution in [0.3, 0.4) is 0 Å². The molecule has 3 N–H and O–H groups in total. The van der Waals surface area contributed by atoms with Crippen molar-refractivity contribution in [2.24, 2.45) is 0 Å². The predicted octanol–water partition coefficient (Wildman–Crippen LogP) is 0.694. The van der Waals surface area contributed by atoms with Gasteiger partial charge >= 0.3 is 0 Å². The summed E-state index contributed by atoms with van der Waals surface area (Å²) in [5.74, 6) is 0.841. The molecule has 0 fully saturated rings. The van der Waals surface area contributed by atoms with Gasteiger partial charge in [-0.25, -0.2) is 4.98 Å². The highest BCUT2D eigenvalue weighted by atomic mass is 15.5. The highest BCUT2D eigenvalue weighted by Crippen LogP contribution is 2.21. The molecule has 3 rings (SSSR count). The molecule has 2 aromatic heterocycles. The van der Waals surface area contributed by atoms with Gasteiger partial charge in [0.05, 0.1) is 6.33 Å². The van der Waals surface area contributed by atoms with E-state index in [9.17, 15) is 0 Å². The summed E-state index contributed by atoms with van der Waals surface area (Å²) >= 11 is 0. The lowest BCUT2D eigenvalue weighted by Crippen LogP contribution is -2.02. The number of anilines is 1. The van der Waals surface area contributed by atoms with Crippen molar-refractivity contribution >= 4 is 5.82 Å². The van der Waals surface area contributed by atoms with Crippen molar-refractivity contribution in [2.75, 3.05) is 5.73 Å². The lowest BCUT2D eigenvalue weighted by Gasteiger charge is -2.05. The van der Waals surface area contributed by atoms with E-state index < -0.39 is 0 Å². The number of aromatic amines is 1. The molecule has 0 atom stereocenters. The number of hydrogen-bond acceptors (Lipinski definition) is 5. The highest BCUT2D eigenvalue weighted by molar-refractivity contribution is 5.63. The fourth-order valence-electron chi connectivity index (χ4n) is 1.80. The number of H-pyrrole nitrogens is 1. The Hall–Kier alpha value is -2.70. The molecule has 0 radical (unpaired) electrons. The summed E-state index contributed by atoms with van der Waals surface area (Å²) in [6.45, 7) is 0.662. The van der Waals surface area contributed by atoms with Crippen LogP contribution in [0.25, 0.3) is 11.5 Å². The number of imidazole rings is 1. The molecule has 2 heterocycles. The minimum Gasteiger partial charge on any atom is -0.382 e. The maximum atomic E-state index is 5.83. The maximum absolute atomic E-state index is 5.83. The molecule has 0 amide bonds. The quantitative estimate of drug-likeness (QED) is 0.703. The van der Waals surface area contributed by atoms with Crippen molar-refractivity contribution in [1.29, 1.82) is 0 Å². The Balaban J connectivity index is 1.99. The average Bonchev–Trinajstić information content (AvgIpc) is 3.01. The molecule has 0 spiro atoms. The molecule has 0 aliphatic heterocycles. The van der Waals surface area contributed by atoms with Gasteiger partial charge in [0.25, 0.3) is 0 Å². The molecule has 0 unspecified atom stereocenters. The van der Waals surface area contributed by atoms with Crippen molar-refractivity contribution in [3.8, 4) is 11.5 Å². The van der Waals surface area contributed by atoms with E-state index in [1.807, 2.05) is 34.9 Å². The molecule has 0 aliphatic carbocycles. The van der Waals surface area contributed by atoms with E-state index in [0.29, 0.717) is 23.9 Å².